The molecule has 0 heterocycles. The van der Waals surface area contributed by atoms with Crippen molar-refractivity contribution in [1.29, 1.82) is 0 Å². The Kier molecular flexibility index (Phi) is 4.66. The average Bonchev–Trinajstić information content (AvgIpc) is 2.52. The summed E-state index contributed by atoms with van der Waals surface area (Å²) >= 11 is 0. The van der Waals surface area contributed by atoms with Crippen LogP contribution in [0.5, 0.6) is 11.5 Å². The van der Waals surface area contributed by atoms with Crippen molar-refractivity contribution in [3.63, 3.8) is 0 Å². The lowest BCUT2D eigenvalue weighted by atomic mass is 10.1. The van der Waals surface area contributed by atoms with Crippen LogP contribution in [0.4, 0.5) is 5.69 Å². The lowest BCUT2D eigenvalue weighted by Gasteiger charge is -2.11. The van der Waals surface area contributed by atoms with Crippen LogP contribution in [0.3, 0.4) is 0 Å². The number of methoxy groups -OCH3 is 2. The Morgan fingerprint density at radius 3 is 2.29 bits per heavy atom. The van der Waals surface area contributed by atoms with E-state index in [0.717, 1.165) is 11.3 Å². The number of hydrogen-bond donors (Lipinski definition) is 1. The van der Waals surface area contributed by atoms with Gasteiger partial charge in [0.25, 0.3) is 0 Å². The lowest BCUT2D eigenvalue weighted by molar-refractivity contribution is -0.255. The maximum absolute atomic E-state index is 10.7. The van der Waals surface area contributed by atoms with E-state index >= 15 is 0 Å². The maximum atomic E-state index is 10.7. The number of rotatable bonds is 6. The monoisotopic (exact) mass is 286 g/mol. The Morgan fingerprint density at radius 2 is 1.71 bits per heavy atom. The summed E-state index contributed by atoms with van der Waals surface area (Å²) in [6.07, 6.45) is 0. The summed E-state index contributed by atoms with van der Waals surface area (Å²) in [5, 5.41) is 13.9. The van der Waals surface area contributed by atoms with E-state index < -0.39 is 5.97 Å². The first-order valence-electron chi connectivity index (χ1n) is 6.40. The molecule has 0 saturated carbocycles. The Labute approximate surface area is 123 Å². The van der Waals surface area contributed by atoms with Crippen LogP contribution in [0.15, 0.2) is 42.5 Å². The van der Waals surface area contributed by atoms with Gasteiger partial charge in [-0.25, -0.2) is 0 Å². The molecule has 21 heavy (non-hydrogen) atoms. The van der Waals surface area contributed by atoms with Gasteiger partial charge in [0.15, 0.2) is 11.5 Å². The molecule has 2 aromatic rings. The molecule has 0 aliphatic heterocycles. The smallest absolute Gasteiger partial charge is 0.161 e. The minimum absolute atomic E-state index is 0.159. The average molecular weight is 286 g/mol. The SMILES string of the molecule is COc1ccc(CNc2ccc(C(=O)[O-])cc2)cc1OC. The van der Waals surface area contributed by atoms with Gasteiger partial charge in [-0.3, -0.25) is 0 Å². The van der Waals surface area contributed by atoms with Gasteiger partial charge in [-0.2, -0.15) is 0 Å². The highest BCUT2D eigenvalue weighted by molar-refractivity contribution is 5.86. The first kappa shape index (κ1) is 14.7. The van der Waals surface area contributed by atoms with Crippen LogP contribution in [-0.4, -0.2) is 20.2 Å². The van der Waals surface area contributed by atoms with Gasteiger partial charge in [-0.15, -0.1) is 0 Å². The van der Waals surface area contributed by atoms with Gasteiger partial charge in [0.05, 0.1) is 20.2 Å². The second-order valence-electron chi connectivity index (χ2n) is 4.41. The lowest BCUT2D eigenvalue weighted by Crippen LogP contribution is -2.21. The fraction of sp³-hybridized carbons (Fsp3) is 0.188. The fourth-order valence-electron chi connectivity index (χ4n) is 1.92. The van der Waals surface area contributed by atoms with Crippen molar-refractivity contribution in [2.75, 3.05) is 19.5 Å². The molecular formula is C16H16NO4-. The van der Waals surface area contributed by atoms with E-state index in [-0.39, 0.29) is 5.56 Å². The Morgan fingerprint density at radius 1 is 1.05 bits per heavy atom. The number of carbonyl (C=O) groups excluding carboxylic acids is 1. The van der Waals surface area contributed by atoms with E-state index in [0.29, 0.717) is 18.0 Å². The molecule has 5 nitrogen and oxygen atoms in total. The molecule has 1 N–H and O–H groups in total. The molecule has 0 bridgehead atoms. The van der Waals surface area contributed by atoms with E-state index in [9.17, 15) is 9.90 Å². The van der Waals surface area contributed by atoms with Crippen molar-refractivity contribution >= 4 is 11.7 Å². The van der Waals surface area contributed by atoms with Crippen LogP contribution < -0.4 is 19.9 Å². The fourth-order valence-corrected chi connectivity index (χ4v) is 1.92. The number of ether oxygens (including phenoxy) is 2. The molecule has 110 valence electrons. The first-order chi connectivity index (χ1) is 10.1. The van der Waals surface area contributed by atoms with E-state index in [1.54, 1.807) is 26.4 Å². The zero-order valence-corrected chi connectivity index (χ0v) is 11.9. The zero-order chi connectivity index (χ0) is 15.2. The quantitative estimate of drug-likeness (QED) is 0.875. The van der Waals surface area contributed by atoms with E-state index in [2.05, 4.69) is 5.32 Å². The third-order valence-electron chi connectivity index (χ3n) is 3.07. The number of hydrogen-bond acceptors (Lipinski definition) is 5. The molecule has 2 aromatic carbocycles. The maximum Gasteiger partial charge on any atom is 0.161 e. The second kappa shape index (κ2) is 6.65. The second-order valence-corrected chi connectivity index (χ2v) is 4.41. The van der Waals surface area contributed by atoms with Crippen molar-refractivity contribution in [3.05, 3.63) is 53.6 Å². The molecular weight excluding hydrogens is 270 g/mol. The molecule has 0 aliphatic rings. The van der Waals surface area contributed by atoms with Gasteiger partial charge in [-0.05, 0) is 35.4 Å². The third-order valence-corrected chi connectivity index (χ3v) is 3.07. The summed E-state index contributed by atoms with van der Waals surface area (Å²) in [6.45, 7) is 0.588. The van der Waals surface area contributed by atoms with Crippen molar-refractivity contribution in [3.8, 4) is 11.5 Å². The number of anilines is 1. The molecule has 0 atom stereocenters. The van der Waals surface area contributed by atoms with E-state index in [1.807, 2.05) is 18.2 Å². The summed E-state index contributed by atoms with van der Waals surface area (Å²) < 4.78 is 10.4. The molecule has 0 amide bonds. The molecule has 2 rings (SSSR count). The number of carbonyl (C=O) groups is 1. The molecule has 0 aromatic heterocycles. The van der Waals surface area contributed by atoms with Crippen LogP contribution >= 0.6 is 0 Å². The largest absolute Gasteiger partial charge is 0.545 e. The molecule has 0 spiro atoms. The molecule has 0 radical (unpaired) electrons. The number of carboxylic acid groups (broad SMARTS) is 1. The van der Waals surface area contributed by atoms with Crippen LogP contribution in [0.25, 0.3) is 0 Å². The van der Waals surface area contributed by atoms with Crippen molar-refractivity contribution < 1.29 is 19.4 Å². The summed E-state index contributed by atoms with van der Waals surface area (Å²) in [5.74, 6) is 0.171. The van der Waals surface area contributed by atoms with Gasteiger partial charge in [0.2, 0.25) is 0 Å². The van der Waals surface area contributed by atoms with E-state index in [1.165, 1.54) is 12.1 Å². The zero-order valence-electron chi connectivity index (χ0n) is 11.9. The number of aromatic carboxylic acids is 1. The molecule has 5 heteroatoms. The summed E-state index contributed by atoms with van der Waals surface area (Å²) in [4.78, 5) is 10.7. The van der Waals surface area contributed by atoms with Crippen LogP contribution in [0, 0.1) is 0 Å². The highest BCUT2D eigenvalue weighted by Crippen LogP contribution is 2.27. The predicted molar refractivity (Wildman–Crippen MR) is 77.6 cm³/mol. The Balaban J connectivity index is 2.04. The van der Waals surface area contributed by atoms with Crippen molar-refractivity contribution in [1.82, 2.24) is 0 Å². The molecule has 0 saturated heterocycles. The Bertz CT molecular complexity index is 623. The van der Waals surface area contributed by atoms with Crippen LogP contribution in [0.1, 0.15) is 15.9 Å². The van der Waals surface area contributed by atoms with Gasteiger partial charge in [-0.1, -0.05) is 18.2 Å². The van der Waals surface area contributed by atoms with Crippen molar-refractivity contribution in [2.45, 2.75) is 6.54 Å². The predicted octanol–water partition coefficient (Wildman–Crippen LogP) is 1.68. The molecule has 0 unspecified atom stereocenters. The minimum atomic E-state index is -1.18. The van der Waals surface area contributed by atoms with Crippen LogP contribution in [0.2, 0.25) is 0 Å². The summed E-state index contributed by atoms with van der Waals surface area (Å²) in [6, 6.07) is 12.1. The van der Waals surface area contributed by atoms with Gasteiger partial charge >= 0.3 is 0 Å². The third kappa shape index (κ3) is 3.66. The minimum Gasteiger partial charge on any atom is -0.545 e. The van der Waals surface area contributed by atoms with Gasteiger partial charge in [0.1, 0.15) is 0 Å². The summed E-state index contributed by atoms with van der Waals surface area (Å²) in [5.41, 5.74) is 2.01. The normalized spacial score (nSPS) is 10.0. The topological polar surface area (TPSA) is 70.6 Å². The number of nitrogens with one attached hydrogen (secondary N) is 1. The van der Waals surface area contributed by atoms with E-state index in [4.69, 9.17) is 9.47 Å². The highest BCUT2D eigenvalue weighted by Gasteiger charge is 2.04. The molecule has 0 aliphatic carbocycles. The van der Waals surface area contributed by atoms with Crippen LogP contribution in [-0.2, 0) is 6.54 Å². The van der Waals surface area contributed by atoms with Gasteiger partial charge in [0, 0.05) is 12.2 Å². The first-order valence-corrected chi connectivity index (χ1v) is 6.40. The number of carboxylic acids is 1. The van der Waals surface area contributed by atoms with Gasteiger partial charge < -0.3 is 24.7 Å². The summed E-state index contributed by atoms with van der Waals surface area (Å²) in [7, 11) is 3.18. The standard InChI is InChI=1S/C16H17NO4/c1-20-14-8-3-11(9-15(14)21-2)10-17-13-6-4-12(5-7-13)16(18)19/h3-9,17H,10H2,1-2H3,(H,18,19)/p-1. The number of benzene rings is 2. The highest BCUT2D eigenvalue weighted by atomic mass is 16.5. The van der Waals surface area contributed by atoms with Crippen molar-refractivity contribution in [2.24, 2.45) is 0 Å². The molecule has 0 fully saturated rings. The Hall–Kier alpha value is -2.69.